The summed E-state index contributed by atoms with van der Waals surface area (Å²) in [6.07, 6.45) is 11.3. The summed E-state index contributed by atoms with van der Waals surface area (Å²) in [5.41, 5.74) is 2.13. The molecule has 20 nitrogen and oxygen atoms in total. The van der Waals surface area contributed by atoms with Gasteiger partial charge in [-0.25, -0.2) is 29.1 Å². The Hall–Kier alpha value is -9.20. The van der Waals surface area contributed by atoms with Crippen LogP contribution in [0.4, 0.5) is 9.59 Å². The number of carboxylic acids is 1. The Morgan fingerprint density at radius 1 is 0.616 bits per heavy atom. The Morgan fingerprint density at radius 2 is 1.07 bits per heavy atom. The number of ether oxygens (including phenoxy) is 7. The average molecular weight is 1170 g/mol. The zero-order chi connectivity index (χ0) is 60.0. The first-order valence-electron chi connectivity index (χ1n) is 29.5. The number of carboxylic acid groups (broad SMARTS) is 1. The number of cyclic esters (lactones) is 2. The normalized spacial score (nSPS) is 26.3. The lowest BCUT2D eigenvalue weighted by Crippen LogP contribution is -2.53. The maximum Gasteiger partial charge on any atom is 0.410 e. The summed E-state index contributed by atoms with van der Waals surface area (Å²) in [5, 5.41) is 17.2. The third kappa shape index (κ3) is 12.6. The van der Waals surface area contributed by atoms with Crippen LogP contribution in [0, 0.1) is 11.8 Å². The van der Waals surface area contributed by atoms with Crippen LogP contribution in [-0.4, -0.2) is 143 Å². The van der Waals surface area contributed by atoms with Crippen molar-refractivity contribution < 1.29 is 67.0 Å². The number of aliphatic carboxylic acids is 1. The lowest BCUT2D eigenvalue weighted by Gasteiger charge is -2.25. The van der Waals surface area contributed by atoms with Crippen molar-refractivity contribution in [3.63, 3.8) is 0 Å². The fraction of sp³-hybridized carbons (Fsp3) is 0.394. The van der Waals surface area contributed by atoms with Crippen molar-refractivity contribution >= 4 is 57.7 Å². The van der Waals surface area contributed by atoms with Crippen molar-refractivity contribution in [2.45, 2.75) is 107 Å². The monoisotopic (exact) mass is 1170 g/mol. The molecule has 86 heavy (non-hydrogen) atoms. The van der Waals surface area contributed by atoms with Crippen LogP contribution in [0.2, 0.25) is 0 Å². The van der Waals surface area contributed by atoms with Gasteiger partial charge in [-0.3, -0.25) is 19.4 Å². The number of carbonyl (C=O) groups excluding carboxylic acids is 5. The number of carbonyl (C=O) groups is 6. The molecule has 2 aromatic heterocycles. The number of allylic oxidation sites excluding steroid dienone is 2. The van der Waals surface area contributed by atoms with E-state index in [4.69, 9.17) is 43.1 Å². The molecule has 4 fully saturated rings. The van der Waals surface area contributed by atoms with Gasteiger partial charge in [0.2, 0.25) is 11.8 Å². The molecule has 4 aliphatic heterocycles. The van der Waals surface area contributed by atoms with E-state index in [2.05, 4.69) is 10.6 Å². The summed E-state index contributed by atoms with van der Waals surface area (Å²) in [5.74, 6) is -0.468. The Bertz CT molecular complexity index is 3580. The second-order valence-electron chi connectivity index (χ2n) is 22.4. The van der Waals surface area contributed by atoms with Crippen molar-refractivity contribution in [2.75, 3.05) is 47.1 Å². The zero-order valence-electron chi connectivity index (χ0n) is 48.3. The summed E-state index contributed by atoms with van der Waals surface area (Å²) in [7, 11) is 3.20. The number of hydrogen-bond donors (Lipinski definition) is 3. The standard InChI is InChI=1S/C34H37N3O7.C32H33N3O7/c1-3-42-32(39)34-20-23(34)13-9-4-5-10-16-43-33(40)37-21-25(18-29(37)31(38)36-34)44-30-19-27(22-11-7-6-8-12-22)35-28-17-24(41-2)14-15-26(28)30;1-40-22-12-13-24-26(15-22)33-25(20-9-5-4-6-10-20)17-28(24)42-23-16-27-29(36)34-32(30(37)38)18-21(32)11-7-2-3-8-14-41-31(39)35(27)19-23/h6-9,11-15,17,19,23,25,29H,3-5,10,16,18,20-21H2,1-2H3,(H,36,38);4-7,9-13,15,17,21,23,27H,2-3,8,14,16,18-19H2,1H3,(H,34,36)(H,37,38)/b13-9-;11-7-/t23-,25-,29+,34-;21-,23-,27+,32-/m11/s1. The molecule has 0 radical (unpaired) electrons. The number of aromatic nitrogens is 2. The van der Waals surface area contributed by atoms with Gasteiger partial charge in [-0.1, -0.05) is 85.0 Å². The van der Waals surface area contributed by atoms with Crippen LogP contribution >= 0.6 is 0 Å². The van der Waals surface area contributed by atoms with E-state index in [9.17, 15) is 33.9 Å². The Kier molecular flexibility index (Phi) is 17.4. The fourth-order valence-electron chi connectivity index (χ4n) is 11.9. The summed E-state index contributed by atoms with van der Waals surface area (Å²) >= 11 is 0. The van der Waals surface area contributed by atoms with Gasteiger partial charge in [-0.05, 0) is 82.6 Å². The topological polar surface area (TPSA) is 244 Å². The van der Waals surface area contributed by atoms with Crippen molar-refractivity contribution in [1.29, 1.82) is 0 Å². The molecule has 0 unspecified atom stereocenters. The van der Waals surface area contributed by atoms with Gasteiger partial charge >= 0.3 is 24.1 Å². The molecule has 448 valence electrons. The third-order valence-electron chi connectivity index (χ3n) is 16.7. The molecule has 4 aromatic carbocycles. The number of benzene rings is 4. The minimum Gasteiger partial charge on any atom is -0.497 e. The van der Waals surface area contributed by atoms with Crippen molar-refractivity contribution in [1.82, 2.24) is 30.4 Å². The largest absolute Gasteiger partial charge is 0.497 e. The number of fused-ring (bicyclic) bond motifs is 6. The molecular weight excluding hydrogens is 1100 g/mol. The van der Waals surface area contributed by atoms with Gasteiger partial charge in [0.1, 0.15) is 58.4 Å². The first-order chi connectivity index (χ1) is 41.8. The predicted octanol–water partition coefficient (Wildman–Crippen LogP) is 9.62. The zero-order valence-corrected chi connectivity index (χ0v) is 48.3. The van der Waals surface area contributed by atoms with Gasteiger partial charge in [0.05, 0.1) is 69.6 Å². The number of methoxy groups -OCH3 is 2. The quantitative estimate of drug-likeness (QED) is 0.0621. The van der Waals surface area contributed by atoms with Gasteiger partial charge in [0.15, 0.2) is 0 Å². The predicted molar refractivity (Wildman–Crippen MR) is 317 cm³/mol. The van der Waals surface area contributed by atoms with Crippen LogP contribution in [0.15, 0.2) is 133 Å². The van der Waals surface area contributed by atoms with Crippen LogP contribution in [0.3, 0.4) is 0 Å². The fourth-order valence-corrected chi connectivity index (χ4v) is 11.9. The molecular formula is C66H70N6O14. The lowest BCUT2D eigenvalue weighted by molar-refractivity contribution is -0.149. The van der Waals surface area contributed by atoms with Gasteiger partial charge in [0, 0.05) is 70.8 Å². The first kappa shape index (κ1) is 58.6. The van der Waals surface area contributed by atoms with Crippen LogP contribution in [0.25, 0.3) is 44.3 Å². The summed E-state index contributed by atoms with van der Waals surface area (Å²) in [6, 6.07) is 32.5. The molecule has 8 atom stereocenters. The van der Waals surface area contributed by atoms with Crippen molar-refractivity contribution in [3.8, 4) is 45.5 Å². The number of nitrogens with zero attached hydrogens (tertiary/aromatic N) is 4. The molecule has 4 amide bonds. The lowest BCUT2D eigenvalue weighted by atomic mass is 10.1. The molecule has 6 aromatic rings. The smallest absolute Gasteiger partial charge is 0.410 e. The average Bonchev–Trinajstić information content (AvgIpc) is 1.87. The van der Waals surface area contributed by atoms with E-state index in [-0.39, 0.29) is 57.6 Å². The number of pyridine rings is 2. The summed E-state index contributed by atoms with van der Waals surface area (Å²) < 4.78 is 40.4. The minimum atomic E-state index is -1.36. The minimum absolute atomic E-state index is 0.112. The van der Waals surface area contributed by atoms with Crippen LogP contribution in [0.1, 0.15) is 71.1 Å². The molecule has 0 bridgehead atoms. The van der Waals surface area contributed by atoms with E-state index < -0.39 is 71.3 Å². The Labute approximate surface area is 497 Å². The van der Waals surface area contributed by atoms with Gasteiger partial charge in [0.25, 0.3) is 0 Å². The highest BCUT2D eigenvalue weighted by molar-refractivity contribution is 5.96. The Morgan fingerprint density at radius 3 is 1.52 bits per heavy atom. The van der Waals surface area contributed by atoms with E-state index in [0.29, 0.717) is 65.4 Å². The van der Waals surface area contributed by atoms with E-state index in [0.717, 1.165) is 53.3 Å². The van der Waals surface area contributed by atoms with E-state index in [1.807, 2.05) is 133 Å². The molecule has 2 aliphatic carbocycles. The summed E-state index contributed by atoms with van der Waals surface area (Å²) in [4.78, 5) is 91.5. The van der Waals surface area contributed by atoms with Crippen molar-refractivity contribution in [3.05, 3.63) is 133 Å². The van der Waals surface area contributed by atoms with Crippen LogP contribution in [0.5, 0.6) is 23.0 Å². The Balaban J connectivity index is 0.000000179. The number of amides is 4. The highest BCUT2D eigenvalue weighted by Crippen LogP contribution is 2.47. The highest BCUT2D eigenvalue weighted by Gasteiger charge is 2.63. The SMILES string of the molecule is CCOC(=O)[C@@]12C[C@H]1/C=C\CCCCOC(=O)N1C[C@H](Oc3cc(-c4ccccc4)nc4cc(OC)ccc34)C[C@H]1C(=O)N2.COc1ccc2c(O[C@@H]3C[C@H]4C(=O)N[C@]5(C(=O)O)C[C@H]5/C=C\CCCCOC(=O)N4C3)cc(-c3ccccc3)nc2c1. The van der Waals surface area contributed by atoms with Crippen LogP contribution < -0.4 is 29.6 Å². The van der Waals surface area contributed by atoms with Gasteiger partial charge in [-0.2, -0.15) is 0 Å². The molecule has 6 aliphatic rings. The molecule has 20 heteroatoms. The highest BCUT2D eigenvalue weighted by atomic mass is 16.6. The van der Waals surface area contributed by atoms with Gasteiger partial charge in [-0.15, -0.1) is 0 Å². The summed E-state index contributed by atoms with van der Waals surface area (Å²) in [6.45, 7) is 2.71. The number of esters is 1. The van der Waals surface area contributed by atoms with E-state index in [1.165, 1.54) is 9.80 Å². The molecule has 6 heterocycles. The molecule has 2 saturated carbocycles. The van der Waals surface area contributed by atoms with Crippen LogP contribution in [-0.2, 0) is 33.4 Å². The van der Waals surface area contributed by atoms with E-state index in [1.54, 1.807) is 21.1 Å². The number of rotatable bonds is 11. The first-order valence-corrected chi connectivity index (χ1v) is 29.5. The molecule has 2 saturated heterocycles. The second-order valence-corrected chi connectivity index (χ2v) is 22.4. The molecule has 3 N–H and O–H groups in total. The number of nitrogens with one attached hydrogen (secondary N) is 2. The third-order valence-corrected chi connectivity index (χ3v) is 16.7. The molecule has 0 spiro atoms. The van der Waals surface area contributed by atoms with E-state index >= 15 is 0 Å². The van der Waals surface area contributed by atoms with Crippen molar-refractivity contribution in [2.24, 2.45) is 11.8 Å². The second kappa shape index (κ2) is 25.6. The number of hydrogen-bond acceptors (Lipinski definition) is 15. The van der Waals surface area contributed by atoms with Gasteiger partial charge < -0.3 is 48.9 Å². The maximum absolute atomic E-state index is 13.8. The maximum atomic E-state index is 13.8. The molecule has 12 rings (SSSR count).